The number of sulfonamides is 1. The second-order valence-corrected chi connectivity index (χ2v) is 9.51. The van der Waals surface area contributed by atoms with Crippen LogP contribution in [0, 0.1) is 13.8 Å². The van der Waals surface area contributed by atoms with E-state index < -0.39 is 10.0 Å². The SMILES string of the molecule is Cc1cc(S(=O)(=O)N(C)C)cc(NC(=O)c2cccc(N3CCCC3=O)c2)c1C. The quantitative estimate of drug-likeness (QED) is 0.813. The molecule has 7 nitrogen and oxygen atoms in total. The van der Waals surface area contributed by atoms with Crippen LogP contribution >= 0.6 is 0 Å². The van der Waals surface area contributed by atoms with E-state index in [2.05, 4.69) is 5.32 Å². The van der Waals surface area contributed by atoms with Gasteiger partial charge in [-0.2, -0.15) is 0 Å². The third kappa shape index (κ3) is 4.18. The normalized spacial score (nSPS) is 14.5. The van der Waals surface area contributed by atoms with Gasteiger partial charge in [0.2, 0.25) is 15.9 Å². The van der Waals surface area contributed by atoms with Crippen molar-refractivity contribution >= 4 is 33.2 Å². The molecule has 154 valence electrons. The lowest BCUT2D eigenvalue weighted by Gasteiger charge is -2.18. The topological polar surface area (TPSA) is 86.8 Å². The molecule has 2 aromatic carbocycles. The predicted octanol–water partition coefficient (Wildman–Crippen LogP) is 2.93. The van der Waals surface area contributed by atoms with Crippen molar-refractivity contribution in [1.29, 1.82) is 0 Å². The van der Waals surface area contributed by atoms with Crippen LogP contribution in [0.5, 0.6) is 0 Å². The number of hydrogen-bond acceptors (Lipinski definition) is 4. The van der Waals surface area contributed by atoms with Crippen molar-refractivity contribution in [1.82, 2.24) is 4.31 Å². The van der Waals surface area contributed by atoms with Crippen LogP contribution in [0.4, 0.5) is 11.4 Å². The molecule has 0 spiro atoms. The van der Waals surface area contributed by atoms with Gasteiger partial charge in [0.05, 0.1) is 4.90 Å². The Morgan fingerprint density at radius 3 is 2.48 bits per heavy atom. The Kier molecular flexibility index (Phi) is 5.77. The number of aryl methyl sites for hydroxylation is 1. The van der Waals surface area contributed by atoms with Gasteiger partial charge < -0.3 is 10.2 Å². The molecule has 1 aliphatic heterocycles. The van der Waals surface area contributed by atoms with Crippen molar-refractivity contribution in [3.8, 4) is 0 Å². The minimum atomic E-state index is -3.63. The van der Waals surface area contributed by atoms with E-state index in [9.17, 15) is 18.0 Å². The van der Waals surface area contributed by atoms with Gasteiger partial charge in [-0.1, -0.05) is 6.07 Å². The van der Waals surface area contributed by atoms with Crippen molar-refractivity contribution < 1.29 is 18.0 Å². The fraction of sp³-hybridized carbons (Fsp3) is 0.333. The minimum absolute atomic E-state index is 0.0515. The molecular formula is C21H25N3O4S. The van der Waals surface area contributed by atoms with Gasteiger partial charge >= 0.3 is 0 Å². The Bertz CT molecular complexity index is 1080. The Balaban J connectivity index is 1.91. The number of rotatable bonds is 5. The molecule has 0 bridgehead atoms. The first-order chi connectivity index (χ1) is 13.6. The standard InChI is InChI=1S/C21H25N3O4S/c1-14-11-18(29(27,28)23(3)4)13-19(15(14)2)22-21(26)16-7-5-8-17(12-16)24-10-6-9-20(24)25/h5,7-8,11-13H,6,9-10H2,1-4H3,(H,22,26). The third-order valence-electron chi connectivity index (χ3n) is 5.16. The first-order valence-corrected chi connectivity index (χ1v) is 10.8. The lowest BCUT2D eigenvalue weighted by atomic mass is 10.1. The van der Waals surface area contributed by atoms with Crippen LogP contribution < -0.4 is 10.2 Å². The summed E-state index contributed by atoms with van der Waals surface area (Å²) in [6, 6.07) is 9.97. The highest BCUT2D eigenvalue weighted by molar-refractivity contribution is 7.89. The summed E-state index contributed by atoms with van der Waals surface area (Å²) in [6.45, 7) is 4.28. The molecule has 1 heterocycles. The maximum Gasteiger partial charge on any atom is 0.255 e. The van der Waals surface area contributed by atoms with E-state index in [1.807, 2.05) is 6.92 Å². The van der Waals surface area contributed by atoms with Crippen LogP contribution in [-0.4, -0.2) is 45.2 Å². The smallest absolute Gasteiger partial charge is 0.255 e. The number of carbonyl (C=O) groups is 2. The summed E-state index contributed by atoms with van der Waals surface area (Å²) >= 11 is 0. The first-order valence-electron chi connectivity index (χ1n) is 9.37. The molecule has 0 aromatic heterocycles. The number of carbonyl (C=O) groups excluding carboxylic acids is 2. The van der Waals surface area contributed by atoms with Crippen LogP contribution in [0.15, 0.2) is 41.3 Å². The number of anilines is 2. The van der Waals surface area contributed by atoms with Crippen LogP contribution in [0.25, 0.3) is 0 Å². The van der Waals surface area contributed by atoms with Gasteiger partial charge in [-0.05, 0) is 61.7 Å². The second-order valence-electron chi connectivity index (χ2n) is 7.35. The Labute approximate surface area is 171 Å². The summed E-state index contributed by atoms with van der Waals surface area (Å²) in [6.07, 6.45) is 1.32. The van der Waals surface area contributed by atoms with E-state index in [4.69, 9.17) is 0 Å². The van der Waals surface area contributed by atoms with E-state index in [0.29, 0.717) is 29.9 Å². The number of amides is 2. The molecule has 0 unspecified atom stereocenters. The molecule has 8 heteroatoms. The summed E-state index contributed by atoms with van der Waals surface area (Å²) in [7, 11) is -0.693. The van der Waals surface area contributed by atoms with E-state index in [1.54, 1.807) is 42.2 Å². The summed E-state index contributed by atoms with van der Waals surface area (Å²) < 4.78 is 26.1. The van der Waals surface area contributed by atoms with Crippen LogP contribution in [-0.2, 0) is 14.8 Å². The highest BCUT2D eigenvalue weighted by Crippen LogP contribution is 2.27. The zero-order valence-electron chi connectivity index (χ0n) is 17.0. The second kappa shape index (κ2) is 7.96. The minimum Gasteiger partial charge on any atom is -0.322 e. The Hall–Kier alpha value is -2.71. The maximum atomic E-state index is 12.8. The molecule has 29 heavy (non-hydrogen) atoms. The summed E-state index contributed by atoms with van der Waals surface area (Å²) in [5, 5.41) is 2.82. The molecule has 0 saturated carbocycles. The zero-order chi connectivity index (χ0) is 21.3. The highest BCUT2D eigenvalue weighted by atomic mass is 32.2. The average molecular weight is 416 g/mol. The van der Waals surface area contributed by atoms with E-state index >= 15 is 0 Å². The summed E-state index contributed by atoms with van der Waals surface area (Å²) in [5.41, 5.74) is 3.09. The summed E-state index contributed by atoms with van der Waals surface area (Å²) in [5.74, 6) is -0.309. The average Bonchev–Trinajstić information content (AvgIpc) is 3.11. The van der Waals surface area contributed by atoms with Gasteiger partial charge in [0.1, 0.15) is 0 Å². The lowest BCUT2D eigenvalue weighted by Crippen LogP contribution is -2.24. The molecule has 1 aliphatic rings. The monoisotopic (exact) mass is 415 g/mol. The fourth-order valence-corrected chi connectivity index (χ4v) is 4.26. The van der Waals surface area contributed by atoms with Crippen LogP contribution in [0.2, 0.25) is 0 Å². The number of nitrogens with zero attached hydrogens (tertiary/aromatic N) is 2. The molecule has 0 atom stereocenters. The molecule has 1 saturated heterocycles. The molecule has 1 N–H and O–H groups in total. The number of nitrogens with one attached hydrogen (secondary N) is 1. The molecule has 2 aromatic rings. The Morgan fingerprint density at radius 2 is 1.86 bits per heavy atom. The van der Waals surface area contributed by atoms with Crippen molar-refractivity contribution in [2.24, 2.45) is 0 Å². The molecule has 1 fully saturated rings. The summed E-state index contributed by atoms with van der Waals surface area (Å²) in [4.78, 5) is 26.6. The van der Waals surface area contributed by atoms with Gasteiger partial charge in [-0.25, -0.2) is 12.7 Å². The highest BCUT2D eigenvalue weighted by Gasteiger charge is 2.23. The van der Waals surface area contributed by atoms with Gasteiger partial charge in [-0.3, -0.25) is 9.59 Å². The molecular weight excluding hydrogens is 390 g/mol. The van der Waals surface area contributed by atoms with Gasteiger partial charge in [0.15, 0.2) is 0 Å². The number of benzene rings is 2. The van der Waals surface area contributed by atoms with Crippen LogP contribution in [0.1, 0.15) is 34.3 Å². The van der Waals surface area contributed by atoms with Gasteiger partial charge in [0.25, 0.3) is 5.91 Å². The maximum absolute atomic E-state index is 12.8. The lowest BCUT2D eigenvalue weighted by molar-refractivity contribution is -0.117. The predicted molar refractivity (Wildman–Crippen MR) is 113 cm³/mol. The Morgan fingerprint density at radius 1 is 1.14 bits per heavy atom. The number of hydrogen-bond donors (Lipinski definition) is 1. The van der Waals surface area contributed by atoms with E-state index in [1.165, 1.54) is 20.2 Å². The van der Waals surface area contributed by atoms with Crippen molar-refractivity contribution in [2.45, 2.75) is 31.6 Å². The molecule has 0 aliphatic carbocycles. The molecule has 2 amide bonds. The first kappa shape index (κ1) is 21.0. The van der Waals surface area contributed by atoms with Crippen LogP contribution in [0.3, 0.4) is 0 Å². The zero-order valence-corrected chi connectivity index (χ0v) is 17.8. The fourth-order valence-electron chi connectivity index (χ4n) is 3.25. The largest absolute Gasteiger partial charge is 0.322 e. The molecule has 0 radical (unpaired) electrons. The van der Waals surface area contributed by atoms with Crippen molar-refractivity contribution in [3.05, 3.63) is 53.1 Å². The van der Waals surface area contributed by atoms with Gasteiger partial charge in [0, 0.05) is 44.0 Å². The van der Waals surface area contributed by atoms with Gasteiger partial charge in [-0.15, -0.1) is 0 Å². The van der Waals surface area contributed by atoms with E-state index in [-0.39, 0.29) is 16.7 Å². The third-order valence-corrected chi connectivity index (χ3v) is 6.95. The van der Waals surface area contributed by atoms with Crippen molar-refractivity contribution in [2.75, 3.05) is 30.9 Å². The van der Waals surface area contributed by atoms with E-state index in [0.717, 1.165) is 21.9 Å². The molecule has 3 rings (SSSR count). The van der Waals surface area contributed by atoms with Crippen molar-refractivity contribution in [3.63, 3.8) is 0 Å².